The van der Waals surface area contributed by atoms with Crippen LogP contribution in [0.5, 0.6) is 0 Å². The first kappa shape index (κ1) is 13.9. The SMILES string of the molecule is O=C(O)[C@H]1CCCc2nn(Cc3cccc(Cl)c3)c(=O)n21. The number of benzene rings is 1. The lowest BCUT2D eigenvalue weighted by Gasteiger charge is -2.19. The van der Waals surface area contributed by atoms with Crippen molar-refractivity contribution in [3.63, 3.8) is 0 Å². The van der Waals surface area contributed by atoms with Gasteiger partial charge in [-0.2, -0.15) is 5.10 Å². The fraction of sp³-hybridized carbons (Fsp3) is 0.357. The van der Waals surface area contributed by atoms with Crippen molar-refractivity contribution in [3.8, 4) is 0 Å². The van der Waals surface area contributed by atoms with Gasteiger partial charge in [0.2, 0.25) is 0 Å². The van der Waals surface area contributed by atoms with Gasteiger partial charge in [0.25, 0.3) is 0 Å². The van der Waals surface area contributed by atoms with E-state index in [9.17, 15) is 14.7 Å². The van der Waals surface area contributed by atoms with Crippen LogP contribution in [-0.4, -0.2) is 25.4 Å². The molecule has 1 aromatic carbocycles. The molecule has 0 radical (unpaired) electrons. The summed E-state index contributed by atoms with van der Waals surface area (Å²) in [7, 11) is 0. The summed E-state index contributed by atoms with van der Waals surface area (Å²) in [5, 5.41) is 14.1. The zero-order valence-corrected chi connectivity index (χ0v) is 12.0. The minimum absolute atomic E-state index is 0.283. The first-order chi connectivity index (χ1) is 10.1. The van der Waals surface area contributed by atoms with E-state index < -0.39 is 12.0 Å². The van der Waals surface area contributed by atoms with Gasteiger partial charge in [0.05, 0.1) is 6.54 Å². The van der Waals surface area contributed by atoms with E-state index in [1.165, 1.54) is 9.25 Å². The first-order valence-corrected chi connectivity index (χ1v) is 7.09. The molecule has 2 heterocycles. The van der Waals surface area contributed by atoms with E-state index >= 15 is 0 Å². The average Bonchev–Trinajstić information content (AvgIpc) is 2.75. The summed E-state index contributed by atoms with van der Waals surface area (Å²) in [6.45, 7) is 0.283. The van der Waals surface area contributed by atoms with Crippen molar-refractivity contribution in [2.75, 3.05) is 0 Å². The molecule has 0 bridgehead atoms. The summed E-state index contributed by atoms with van der Waals surface area (Å²) in [5.74, 6) is -0.443. The van der Waals surface area contributed by atoms with Gasteiger partial charge < -0.3 is 5.11 Å². The lowest BCUT2D eigenvalue weighted by atomic mass is 10.1. The smallest absolute Gasteiger partial charge is 0.347 e. The maximum Gasteiger partial charge on any atom is 0.347 e. The minimum Gasteiger partial charge on any atom is -0.480 e. The van der Waals surface area contributed by atoms with Crippen LogP contribution < -0.4 is 5.69 Å². The highest BCUT2D eigenvalue weighted by molar-refractivity contribution is 6.30. The van der Waals surface area contributed by atoms with Crippen molar-refractivity contribution in [2.45, 2.75) is 31.8 Å². The normalized spacial score (nSPS) is 17.5. The molecule has 0 fully saturated rings. The minimum atomic E-state index is -0.986. The van der Waals surface area contributed by atoms with Crippen LogP contribution in [0.3, 0.4) is 0 Å². The first-order valence-electron chi connectivity index (χ1n) is 6.72. The zero-order chi connectivity index (χ0) is 15.0. The molecule has 7 heteroatoms. The largest absolute Gasteiger partial charge is 0.480 e. The van der Waals surface area contributed by atoms with Gasteiger partial charge in [-0.3, -0.25) is 4.57 Å². The van der Waals surface area contributed by atoms with Crippen molar-refractivity contribution in [1.29, 1.82) is 0 Å². The third kappa shape index (κ3) is 2.58. The molecule has 1 N–H and O–H groups in total. The Morgan fingerprint density at radius 2 is 2.29 bits per heavy atom. The van der Waals surface area contributed by atoms with Crippen molar-refractivity contribution >= 4 is 17.6 Å². The van der Waals surface area contributed by atoms with Gasteiger partial charge in [0, 0.05) is 11.4 Å². The number of rotatable bonds is 3. The molecule has 6 nitrogen and oxygen atoms in total. The highest BCUT2D eigenvalue weighted by atomic mass is 35.5. The topological polar surface area (TPSA) is 77.1 Å². The molecule has 110 valence electrons. The molecule has 0 saturated heterocycles. The molecule has 1 aliphatic rings. The van der Waals surface area contributed by atoms with Crippen molar-refractivity contribution in [3.05, 3.63) is 51.2 Å². The molecule has 0 amide bonds. The van der Waals surface area contributed by atoms with Crippen LogP contribution in [0.1, 0.15) is 30.3 Å². The van der Waals surface area contributed by atoms with Crippen LogP contribution in [-0.2, 0) is 17.8 Å². The van der Waals surface area contributed by atoms with Gasteiger partial charge in [0.15, 0.2) is 0 Å². The van der Waals surface area contributed by atoms with Gasteiger partial charge in [-0.15, -0.1) is 0 Å². The Labute approximate surface area is 125 Å². The Morgan fingerprint density at radius 3 is 3.00 bits per heavy atom. The molecule has 21 heavy (non-hydrogen) atoms. The quantitative estimate of drug-likeness (QED) is 0.936. The summed E-state index contributed by atoms with van der Waals surface area (Å²) in [6, 6.07) is 6.37. The highest BCUT2D eigenvalue weighted by Crippen LogP contribution is 2.22. The molecular formula is C14H14ClN3O3. The number of carboxylic acids is 1. The van der Waals surface area contributed by atoms with Crippen LogP contribution in [0.25, 0.3) is 0 Å². The van der Waals surface area contributed by atoms with E-state index in [-0.39, 0.29) is 12.2 Å². The molecule has 2 aromatic rings. The third-order valence-corrected chi connectivity index (χ3v) is 3.87. The van der Waals surface area contributed by atoms with Crippen molar-refractivity contribution < 1.29 is 9.90 Å². The predicted molar refractivity (Wildman–Crippen MR) is 76.7 cm³/mol. The molecule has 1 aromatic heterocycles. The van der Waals surface area contributed by atoms with Gasteiger partial charge in [-0.25, -0.2) is 14.3 Å². The maximum atomic E-state index is 12.4. The standard InChI is InChI=1S/C14H14ClN3O3/c15-10-4-1-3-9(7-10)8-17-14(21)18-11(13(19)20)5-2-6-12(18)16-17/h1,3-4,7,11H,2,5-6,8H2,(H,19,20)/t11-/m1/s1. The highest BCUT2D eigenvalue weighted by Gasteiger charge is 2.30. The number of hydrogen-bond donors (Lipinski definition) is 1. The number of aryl methyl sites for hydroxylation is 1. The molecule has 3 rings (SSSR count). The van der Waals surface area contributed by atoms with Crippen LogP contribution in [0.15, 0.2) is 29.1 Å². The van der Waals surface area contributed by atoms with Gasteiger partial charge in [0.1, 0.15) is 11.9 Å². The number of aliphatic carboxylic acids is 1. The number of fused-ring (bicyclic) bond motifs is 1. The number of hydrogen-bond acceptors (Lipinski definition) is 3. The van der Waals surface area contributed by atoms with Gasteiger partial charge >= 0.3 is 11.7 Å². The lowest BCUT2D eigenvalue weighted by molar-refractivity contribution is -0.141. The Kier molecular flexibility index (Phi) is 3.55. The summed E-state index contributed by atoms with van der Waals surface area (Å²) in [4.78, 5) is 23.7. The van der Waals surface area contributed by atoms with Gasteiger partial charge in [-0.1, -0.05) is 23.7 Å². The number of carboxylic acid groups (broad SMARTS) is 1. The number of aromatic nitrogens is 3. The molecular weight excluding hydrogens is 294 g/mol. The number of halogens is 1. The summed E-state index contributed by atoms with van der Waals surface area (Å²) in [6.07, 6.45) is 1.82. The van der Waals surface area contributed by atoms with Crippen molar-refractivity contribution in [2.24, 2.45) is 0 Å². The fourth-order valence-electron chi connectivity index (χ4n) is 2.68. The predicted octanol–water partition coefficient (Wildman–Crippen LogP) is 1.71. The van der Waals surface area contributed by atoms with Crippen LogP contribution in [0.2, 0.25) is 5.02 Å². The van der Waals surface area contributed by atoms with Gasteiger partial charge in [-0.05, 0) is 30.5 Å². The monoisotopic (exact) mass is 307 g/mol. The second-order valence-electron chi connectivity index (χ2n) is 5.10. The van der Waals surface area contributed by atoms with Crippen LogP contribution in [0.4, 0.5) is 0 Å². The summed E-state index contributed by atoms with van der Waals surface area (Å²) < 4.78 is 2.61. The second kappa shape index (κ2) is 5.37. The Morgan fingerprint density at radius 1 is 1.48 bits per heavy atom. The molecule has 1 atom stereocenters. The Bertz CT molecular complexity index is 750. The lowest BCUT2D eigenvalue weighted by Crippen LogP contribution is -2.34. The molecule has 1 aliphatic heterocycles. The molecule has 0 spiro atoms. The zero-order valence-electron chi connectivity index (χ0n) is 11.2. The molecule has 0 saturated carbocycles. The van der Waals surface area contributed by atoms with Crippen molar-refractivity contribution in [1.82, 2.24) is 14.3 Å². The number of nitrogens with zero attached hydrogens (tertiary/aromatic N) is 3. The maximum absolute atomic E-state index is 12.4. The Hall–Kier alpha value is -2.08. The van der Waals surface area contributed by atoms with Crippen LogP contribution >= 0.6 is 11.6 Å². The van der Waals surface area contributed by atoms with Crippen LogP contribution in [0, 0.1) is 0 Å². The van der Waals surface area contributed by atoms with E-state index in [2.05, 4.69) is 5.10 Å². The van der Waals surface area contributed by atoms with E-state index in [0.29, 0.717) is 23.7 Å². The van der Waals surface area contributed by atoms with E-state index in [1.807, 2.05) is 6.07 Å². The van der Waals surface area contributed by atoms with E-state index in [1.54, 1.807) is 18.2 Å². The summed E-state index contributed by atoms with van der Waals surface area (Å²) >= 11 is 5.93. The fourth-order valence-corrected chi connectivity index (χ4v) is 2.89. The average molecular weight is 308 g/mol. The second-order valence-corrected chi connectivity index (χ2v) is 5.54. The van der Waals surface area contributed by atoms with E-state index in [0.717, 1.165) is 12.0 Å². The third-order valence-electron chi connectivity index (χ3n) is 3.64. The Balaban J connectivity index is 1.99. The van der Waals surface area contributed by atoms with E-state index in [4.69, 9.17) is 11.6 Å². The molecule has 0 unspecified atom stereocenters. The summed E-state index contributed by atoms with van der Waals surface area (Å²) in [5.41, 5.74) is 0.476. The molecule has 0 aliphatic carbocycles. The number of carbonyl (C=O) groups is 1.